The molecular weight excluding hydrogens is 378 g/mol. The molecule has 0 amide bonds. The van der Waals surface area contributed by atoms with E-state index < -0.39 is 0 Å². The highest BCUT2D eigenvalue weighted by atomic mass is 14.8. The molecule has 3 heteroatoms. The lowest BCUT2D eigenvalue weighted by Gasteiger charge is -2.28. The summed E-state index contributed by atoms with van der Waals surface area (Å²) in [6, 6.07) is 2.48. The Morgan fingerprint density at radius 2 is 1.94 bits per heavy atom. The van der Waals surface area contributed by atoms with Gasteiger partial charge in [-0.05, 0) is 87.9 Å². The van der Waals surface area contributed by atoms with Crippen LogP contribution < -0.4 is 5.32 Å². The normalized spacial score (nSPS) is 21.7. The second kappa shape index (κ2) is 14.2. The number of nitriles is 1. The molecule has 0 heterocycles. The number of rotatable bonds is 12. The fraction of sp³-hybridized carbons (Fsp3) is 0.643. The molecule has 1 saturated carbocycles. The lowest BCUT2D eigenvalue weighted by molar-refractivity contribution is 0.262. The summed E-state index contributed by atoms with van der Waals surface area (Å²) in [5, 5.41) is 12.8. The summed E-state index contributed by atoms with van der Waals surface area (Å²) >= 11 is 0. The zero-order valence-corrected chi connectivity index (χ0v) is 20.9. The Morgan fingerprint density at radius 1 is 1.23 bits per heavy atom. The van der Waals surface area contributed by atoms with Crippen LogP contribution in [0.25, 0.3) is 0 Å². The van der Waals surface area contributed by atoms with Crippen LogP contribution in [0.2, 0.25) is 0 Å². The van der Waals surface area contributed by atoms with Crippen molar-refractivity contribution in [2.24, 2.45) is 28.7 Å². The van der Waals surface area contributed by atoms with Crippen molar-refractivity contribution in [2.45, 2.75) is 73.1 Å². The summed E-state index contributed by atoms with van der Waals surface area (Å²) in [5.74, 6) is 1.92. The molecule has 1 aliphatic carbocycles. The maximum absolute atomic E-state index is 9.32. The van der Waals surface area contributed by atoms with Gasteiger partial charge in [-0.1, -0.05) is 63.6 Å². The van der Waals surface area contributed by atoms with Crippen molar-refractivity contribution in [1.29, 1.82) is 5.26 Å². The third-order valence-corrected chi connectivity index (χ3v) is 6.41. The van der Waals surface area contributed by atoms with Gasteiger partial charge in [0, 0.05) is 18.7 Å². The highest BCUT2D eigenvalue weighted by molar-refractivity contribution is 6.02. The molecule has 1 rings (SSSR count). The van der Waals surface area contributed by atoms with Crippen LogP contribution in [0.1, 0.15) is 73.1 Å². The van der Waals surface area contributed by atoms with E-state index in [1.807, 2.05) is 7.05 Å². The quantitative estimate of drug-likeness (QED) is 0.158. The summed E-state index contributed by atoms with van der Waals surface area (Å²) in [6.45, 7) is 21.5. The van der Waals surface area contributed by atoms with Crippen LogP contribution in [0.3, 0.4) is 0 Å². The first kappa shape index (κ1) is 27.1. The summed E-state index contributed by atoms with van der Waals surface area (Å²) in [5.41, 5.74) is 5.74. The monoisotopic (exact) mass is 423 g/mol. The molecule has 0 aromatic rings. The van der Waals surface area contributed by atoms with Crippen LogP contribution in [0.15, 0.2) is 52.6 Å². The third kappa shape index (κ3) is 9.83. The molecular formula is C28H45N3. The van der Waals surface area contributed by atoms with Crippen molar-refractivity contribution in [2.75, 3.05) is 20.1 Å². The number of hydrogen-bond donors (Lipinski definition) is 1. The molecule has 1 aliphatic rings. The highest BCUT2D eigenvalue weighted by Gasteiger charge is 2.25. The zero-order valence-electron chi connectivity index (χ0n) is 20.9. The molecule has 0 bridgehead atoms. The second-order valence-corrected chi connectivity index (χ2v) is 9.73. The van der Waals surface area contributed by atoms with Gasteiger partial charge >= 0.3 is 0 Å². The van der Waals surface area contributed by atoms with Gasteiger partial charge in [-0.3, -0.25) is 4.99 Å². The molecule has 0 spiro atoms. The molecule has 1 N–H and O–H groups in total. The Kier molecular flexibility index (Phi) is 12.4. The smallest absolute Gasteiger partial charge is 0.0655 e. The minimum Gasteiger partial charge on any atom is -0.316 e. The molecule has 172 valence electrons. The first-order valence-corrected chi connectivity index (χ1v) is 12.0. The lowest BCUT2D eigenvalue weighted by atomic mass is 9.76. The maximum Gasteiger partial charge on any atom is 0.0655 e. The van der Waals surface area contributed by atoms with Gasteiger partial charge in [0.25, 0.3) is 0 Å². The van der Waals surface area contributed by atoms with Gasteiger partial charge in [-0.25, -0.2) is 0 Å². The number of aliphatic imine (C=N–C) groups is 1. The molecule has 0 aliphatic heterocycles. The Bertz CT molecular complexity index is 730. The standard InChI is InChI=1S/C28H45N3/c1-20(2)19-31-15-14-22(5)16-28(21(3)4)27(24(7)30-8)13-12-23(6)26-11-9-10-25(17-26)18-29/h12-13,20,23,25-26,31H,3,5,9-11,14-17,19H2,1-2,4,6-8H3/b13-12-,28-27-,30-24?/t23?,25-,26+/m1/s1. The van der Waals surface area contributed by atoms with Gasteiger partial charge < -0.3 is 5.32 Å². The Morgan fingerprint density at radius 3 is 2.52 bits per heavy atom. The first-order chi connectivity index (χ1) is 14.7. The van der Waals surface area contributed by atoms with Crippen molar-refractivity contribution in [3.8, 4) is 6.07 Å². The van der Waals surface area contributed by atoms with Gasteiger partial charge in [-0.2, -0.15) is 5.26 Å². The Hall–Kier alpha value is -1.92. The van der Waals surface area contributed by atoms with Crippen LogP contribution in [-0.2, 0) is 0 Å². The van der Waals surface area contributed by atoms with Gasteiger partial charge in [-0.15, -0.1) is 0 Å². The van der Waals surface area contributed by atoms with Crippen LogP contribution >= 0.6 is 0 Å². The van der Waals surface area contributed by atoms with E-state index in [9.17, 15) is 5.26 Å². The van der Waals surface area contributed by atoms with Crippen LogP contribution in [0.4, 0.5) is 0 Å². The summed E-state index contributed by atoms with van der Waals surface area (Å²) < 4.78 is 0. The van der Waals surface area contributed by atoms with E-state index in [-0.39, 0.29) is 5.92 Å². The molecule has 1 fully saturated rings. The van der Waals surface area contributed by atoms with E-state index in [0.29, 0.717) is 17.8 Å². The predicted octanol–water partition coefficient (Wildman–Crippen LogP) is 7.05. The second-order valence-electron chi connectivity index (χ2n) is 9.73. The summed E-state index contributed by atoms with van der Waals surface area (Å²) in [4.78, 5) is 4.49. The average molecular weight is 424 g/mol. The van der Waals surface area contributed by atoms with Crippen molar-refractivity contribution < 1.29 is 0 Å². The van der Waals surface area contributed by atoms with Crippen molar-refractivity contribution >= 4 is 5.71 Å². The van der Waals surface area contributed by atoms with Crippen LogP contribution in [-0.4, -0.2) is 25.8 Å². The van der Waals surface area contributed by atoms with Gasteiger partial charge in [0.05, 0.1) is 6.07 Å². The molecule has 31 heavy (non-hydrogen) atoms. The van der Waals surface area contributed by atoms with E-state index in [2.05, 4.69) is 76.3 Å². The fourth-order valence-corrected chi connectivity index (χ4v) is 4.26. The van der Waals surface area contributed by atoms with E-state index in [1.54, 1.807) is 0 Å². The molecule has 0 saturated heterocycles. The number of allylic oxidation sites excluding steroid dienone is 5. The molecule has 0 aromatic carbocycles. The van der Waals surface area contributed by atoms with Crippen molar-refractivity contribution in [3.63, 3.8) is 0 Å². The van der Waals surface area contributed by atoms with E-state index >= 15 is 0 Å². The topological polar surface area (TPSA) is 48.2 Å². The lowest BCUT2D eigenvalue weighted by Crippen LogP contribution is -2.21. The Labute approximate surface area is 192 Å². The number of hydrogen-bond acceptors (Lipinski definition) is 3. The van der Waals surface area contributed by atoms with Crippen molar-refractivity contribution in [1.82, 2.24) is 5.32 Å². The van der Waals surface area contributed by atoms with E-state index in [1.165, 1.54) is 29.6 Å². The maximum atomic E-state index is 9.32. The molecule has 0 radical (unpaired) electrons. The number of nitrogens with zero attached hydrogens (tertiary/aromatic N) is 2. The fourth-order valence-electron chi connectivity index (χ4n) is 4.26. The minimum atomic E-state index is 0.224. The molecule has 0 aromatic heterocycles. The summed E-state index contributed by atoms with van der Waals surface area (Å²) in [7, 11) is 1.85. The Balaban J connectivity index is 2.97. The summed E-state index contributed by atoms with van der Waals surface area (Å²) in [6.07, 6.45) is 10.8. The van der Waals surface area contributed by atoms with Crippen LogP contribution in [0.5, 0.6) is 0 Å². The molecule has 3 atom stereocenters. The van der Waals surface area contributed by atoms with Gasteiger partial charge in [0.2, 0.25) is 0 Å². The highest BCUT2D eigenvalue weighted by Crippen LogP contribution is 2.34. The van der Waals surface area contributed by atoms with E-state index in [4.69, 9.17) is 0 Å². The molecule has 3 nitrogen and oxygen atoms in total. The largest absolute Gasteiger partial charge is 0.316 e. The zero-order chi connectivity index (χ0) is 23.4. The first-order valence-electron chi connectivity index (χ1n) is 12.0. The van der Waals surface area contributed by atoms with Crippen molar-refractivity contribution in [3.05, 3.63) is 47.6 Å². The SMILES string of the molecule is C=C(CCNCC(C)C)C/C(C(=C)C)=C(\C=C/C(C)[C@H]1CCC[C@@H](C#N)C1)C(C)=NC. The third-order valence-electron chi connectivity index (χ3n) is 6.41. The van der Waals surface area contributed by atoms with Crippen LogP contribution in [0, 0.1) is 35.0 Å². The van der Waals surface area contributed by atoms with Gasteiger partial charge in [0.1, 0.15) is 0 Å². The number of nitrogens with one attached hydrogen (secondary N) is 1. The predicted molar refractivity (Wildman–Crippen MR) is 136 cm³/mol. The minimum absolute atomic E-state index is 0.224. The van der Waals surface area contributed by atoms with Gasteiger partial charge in [0.15, 0.2) is 0 Å². The van der Waals surface area contributed by atoms with E-state index in [0.717, 1.165) is 50.1 Å². The average Bonchev–Trinajstić information content (AvgIpc) is 2.75. The molecule has 1 unspecified atom stereocenters.